The molecule has 64 valence electrons. The molecule has 0 aromatic rings. The van der Waals surface area contributed by atoms with Crippen molar-refractivity contribution in [2.45, 2.75) is 6.10 Å². The first-order valence-corrected chi connectivity index (χ1v) is 4.56. The second-order valence-corrected chi connectivity index (χ2v) is 3.08. The van der Waals surface area contributed by atoms with Crippen molar-refractivity contribution in [3.05, 3.63) is 12.7 Å². The fourth-order valence-electron chi connectivity index (χ4n) is 0.520. The Morgan fingerprint density at radius 3 is 2.82 bits per heavy atom. The first-order valence-electron chi connectivity index (χ1n) is 3.17. The van der Waals surface area contributed by atoms with Crippen molar-refractivity contribution in [1.29, 1.82) is 0 Å². The summed E-state index contributed by atoms with van der Waals surface area (Å²) in [5.41, 5.74) is 0. The van der Waals surface area contributed by atoms with Crippen molar-refractivity contribution in [2.24, 2.45) is 0 Å². The van der Waals surface area contributed by atoms with Crippen molar-refractivity contribution in [1.82, 2.24) is 0 Å². The minimum Gasteiger partial charge on any atom is -0.386 e. The van der Waals surface area contributed by atoms with E-state index in [1.807, 2.05) is 0 Å². The van der Waals surface area contributed by atoms with Crippen molar-refractivity contribution in [3.63, 3.8) is 0 Å². The Morgan fingerprint density at radius 1 is 1.73 bits per heavy atom. The Morgan fingerprint density at radius 2 is 2.36 bits per heavy atom. The standard InChI is InChI=1S/C6H11O4P/c1-2-3-10-4-6(7)5-11(8)9/h2,6-7H,1,3-5H2/p+1. The van der Waals surface area contributed by atoms with E-state index in [0.29, 0.717) is 6.61 Å². The van der Waals surface area contributed by atoms with Gasteiger partial charge >= 0.3 is 8.03 Å². The molecule has 5 heteroatoms. The van der Waals surface area contributed by atoms with Crippen LogP contribution in [0.4, 0.5) is 0 Å². The smallest absolute Gasteiger partial charge is 0.386 e. The van der Waals surface area contributed by atoms with Crippen LogP contribution in [0.5, 0.6) is 0 Å². The Labute approximate surface area is 66.4 Å². The number of hydrogen-bond acceptors (Lipinski definition) is 3. The van der Waals surface area contributed by atoms with Crippen LogP contribution >= 0.6 is 8.03 Å². The van der Waals surface area contributed by atoms with Crippen LogP contribution in [-0.2, 0) is 9.30 Å². The molecule has 2 atom stereocenters. The molecule has 0 aromatic heterocycles. The van der Waals surface area contributed by atoms with Crippen LogP contribution in [-0.4, -0.2) is 35.5 Å². The molecule has 2 N–H and O–H groups in total. The van der Waals surface area contributed by atoms with Crippen molar-refractivity contribution >= 4 is 8.03 Å². The first-order chi connectivity index (χ1) is 5.16. The van der Waals surface area contributed by atoms with E-state index < -0.39 is 14.1 Å². The van der Waals surface area contributed by atoms with Crippen LogP contribution in [0.1, 0.15) is 0 Å². The first kappa shape index (κ1) is 10.7. The third kappa shape index (κ3) is 7.62. The highest BCUT2D eigenvalue weighted by Gasteiger charge is 2.18. The van der Waals surface area contributed by atoms with Crippen LogP contribution in [0.15, 0.2) is 12.7 Å². The second-order valence-electron chi connectivity index (χ2n) is 2.01. The van der Waals surface area contributed by atoms with Gasteiger partial charge in [-0.3, -0.25) is 0 Å². The van der Waals surface area contributed by atoms with Crippen LogP contribution in [0, 0.1) is 0 Å². The highest BCUT2D eigenvalue weighted by atomic mass is 31.1. The van der Waals surface area contributed by atoms with Crippen molar-refractivity contribution < 1.29 is 19.3 Å². The number of hydrogen-bond donors (Lipinski definition) is 2. The average molecular weight is 179 g/mol. The maximum absolute atomic E-state index is 10.2. The predicted molar refractivity (Wildman–Crippen MR) is 41.7 cm³/mol. The molecule has 0 aliphatic rings. The maximum Gasteiger partial charge on any atom is 0.508 e. The van der Waals surface area contributed by atoms with Crippen molar-refractivity contribution in [2.75, 3.05) is 19.4 Å². The van der Waals surface area contributed by atoms with Gasteiger partial charge in [-0.2, -0.15) is 4.89 Å². The van der Waals surface area contributed by atoms with Gasteiger partial charge in [0.1, 0.15) is 6.10 Å². The maximum atomic E-state index is 10.2. The average Bonchev–Trinajstić information content (AvgIpc) is 1.86. The van der Waals surface area contributed by atoms with E-state index in [2.05, 4.69) is 6.58 Å². The summed E-state index contributed by atoms with van der Waals surface area (Å²) in [6, 6.07) is 0. The van der Waals surface area contributed by atoms with E-state index in [-0.39, 0.29) is 12.8 Å². The van der Waals surface area contributed by atoms with Crippen LogP contribution in [0.3, 0.4) is 0 Å². The zero-order valence-corrected chi connectivity index (χ0v) is 7.04. The summed E-state index contributed by atoms with van der Waals surface area (Å²) in [7, 11) is -2.27. The number of aliphatic hydroxyl groups excluding tert-OH is 1. The highest BCUT2D eigenvalue weighted by Crippen LogP contribution is 2.13. The largest absolute Gasteiger partial charge is 0.508 e. The van der Waals surface area contributed by atoms with Gasteiger partial charge in [0.25, 0.3) is 0 Å². The monoisotopic (exact) mass is 179 g/mol. The molecule has 0 amide bonds. The fraction of sp³-hybridized carbons (Fsp3) is 0.667. The Balaban J connectivity index is 3.28. The molecule has 0 aliphatic carbocycles. The van der Waals surface area contributed by atoms with Gasteiger partial charge in [0.15, 0.2) is 0 Å². The third-order valence-electron chi connectivity index (χ3n) is 0.913. The molecule has 4 nitrogen and oxygen atoms in total. The lowest BCUT2D eigenvalue weighted by Gasteiger charge is -2.02. The predicted octanol–water partition coefficient (Wildman–Crippen LogP) is 0.285. The van der Waals surface area contributed by atoms with Gasteiger partial charge in [-0.05, 0) is 4.57 Å². The van der Waals surface area contributed by atoms with Gasteiger partial charge in [-0.25, -0.2) is 0 Å². The second kappa shape index (κ2) is 6.43. The van der Waals surface area contributed by atoms with E-state index in [1.54, 1.807) is 6.08 Å². The van der Waals surface area contributed by atoms with Crippen LogP contribution in [0.2, 0.25) is 0 Å². The Hall–Kier alpha value is -0.280. The topological polar surface area (TPSA) is 66.8 Å². The summed E-state index contributed by atoms with van der Waals surface area (Å²) in [5.74, 6) is 0. The molecule has 0 aromatic carbocycles. The summed E-state index contributed by atoms with van der Waals surface area (Å²) < 4.78 is 15.0. The molecule has 0 rings (SSSR count). The summed E-state index contributed by atoms with van der Waals surface area (Å²) in [5, 5.41) is 8.94. The lowest BCUT2D eigenvalue weighted by molar-refractivity contribution is 0.0609. The van der Waals surface area contributed by atoms with E-state index >= 15 is 0 Å². The molecule has 0 bridgehead atoms. The van der Waals surface area contributed by atoms with E-state index in [9.17, 15) is 4.57 Å². The molecule has 0 saturated carbocycles. The number of ether oxygens (including phenoxy) is 1. The lowest BCUT2D eigenvalue weighted by Crippen LogP contribution is -2.17. The minimum atomic E-state index is -2.27. The van der Waals surface area contributed by atoms with Crippen molar-refractivity contribution in [3.8, 4) is 0 Å². The SMILES string of the molecule is C=CCOCC(O)C[P+](=O)O. The van der Waals surface area contributed by atoms with Gasteiger partial charge in [0.2, 0.25) is 6.16 Å². The Bertz CT molecular complexity index is 137. The van der Waals surface area contributed by atoms with Crippen LogP contribution in [0.25, 0.3) is 0 Å². The van der Waals surface area contributed by atoms with Gasteiger partial charge in [0.05, 0.1) is 13.2 Å². The highest BCUT2D eigenvalue weighted by molar-refractivity contribution is 7.38. The molecular weight excluding hydrogens is 167 g/mol. The molecule has 0 saturated heterocycles. The van der Waals surface area contributed by atoms with Crippen LogP contribution < -0.4 is 0 Å². The number of aliphatic hydroxyl groups is 1. The van der Waals surface area contributed by atoms with Gasteiger partial charge in [0, 0.05) is 0 Å². The van der Waals surface area contributed by atoms with E-state index in [0.717, 1.165) is 0 Å². The minimum absolute atomic E-state index is 0.0770. The zero-order valence-electron chi connectivity index (χ0n) is 6.14. The van der Waals surface area contributed by atoms with E-state index in [4.69, 9.17) is 14.7 Å². The molecule has 2 unspecified atom stereocenters. The molecule has 0 heterocycles. The molecule has 0 spiro atoms. The Kier molecular flexibility index (Phi) is 6.27. The molecular formula is C6H12O4P+. The fourth-order valence-corrected chi connectivity index (χ4v) is 0.986. The zero-order chi connectivity index (χ0) is 8.69. The normalized spacial score (nSPS) is 14.2. The molecule has 0 fully saturated rings. The molecule has 11 heavy (non-hydrogen) atoms. The van der Waals surface area contributed by atoms with Gasteiger partial charge in [-0.1, -0.05) is 6.08 Å². The lowest BCUT2D eigenvalue weighted by atomic mass is 10.4. The van der Waals surface area contributed by atoms with Gasteiger partial charge < -0.3 is 9.84 Å². The summed E-state index contributed by atoms with van der Waals surface area (Å²) in [6.45, 7) is 3.83. The molecule has 0 aliphatic heterocycles. The van der Waals surface area contributed by atoms with Gasteiger partial charge in [-0.15, -0.1) is 6.58 Å². The molecule has 0 radical (unpaired) electrons. The summed E-state index contributed by atoms with van der Waals surface area (Å²) >= 11 is 0. The number of rotatable bonds is 6. The summed E-state index contributed by atoms with van der Waals surface area (Å²) in [6.07, 6.45) is 0.557. The quantitative estimate of drug-likeness (QED) is 0.349. The third-order valence-corrected chi connectivity index (χ3v) is 1.65. The summed E-state index contributed by atoms with van der Waals surface area (Å²) in [4.78, 5) is 8.35. The van der Waals surface area contributed by atoms with E-state index in [1.165, 1.54) is 0 Å².